The van der Waals surface area contributed by atoms with Gasteiger partial charge in [0.1, 0.15) is 0 Å². The number of halogens is 9. The number of hydrogen-bond acceptors (Lipinski definition) is 2. The highest BCUT2D eigenvalue weighted by Crippen LogP contribution is 2.46. The Morgan fingerprint density at radius 3 is 1.87 bits per heavy atom. The standard InChI is InChI=1S/C18H20F9NO2/c1-9(7-10(8-28)15(29)30)3-2-4-11-12(16(19,20)21)5-6-13(17(22,23)24)14(11)18(25,26)27/h5-6,9-10H,2-4,7-8,28H2,1H3,(H,29,30). The quantitative estimate of drug-likeness (QED) is 0.493. The summed E-state index contributed by atoms with van der Waals surface area (Å²) in [7, 11) is 0. The van der Waals surface area contributed by atoms with Gasteiger partial charge >= 0.3 is 24.5 Å². The molecule has 1 rings (SSSR count). The predicted octanol–water partition coefficient (Wildman–Crippen LogP) is 5.75. The lowest BCUT2D eigenvalue weighted by molar-refractivity contribution is -0.164. The largest absolute Gasteiger partial charge is 0.481 e. The summed E-state index contributed by atoms with van der Waals surface area (Å²) in [6.45, 7) is 1.33. The number of nitrogens with two attached hydrogens (primary N) is 1. The first-order valence-electron chi connectivity index (χ1n) is 8.80. The van der Waals surface area contributed by atoms with E-state index in [1.54, 1.807) is 0 Å². The zero-order valence-electron chi connectivity index (χ0n) is 15.7. The van der Waals surface area contributed by atoms with Crippen molar-refractivity contribution in [2.45, 2.75) is 51.1 Å². The molecule has 30 heavy (non-hydrogen) atoms. The number of rotatable bonds is 8. The number of alkyl halides is 9. The lowest BCUT2D eigenvalue weighted by atomic mass is 9.88. The van der Waals surface area contributed by atoms with E-state index in [2.05, 4.69) is 0 Å². The van der Waals surface area contributed by atoms with Crippen molar-refractivity contribution >= 4 is 5.97 Å². The fourth-order valence-corrected chi connectivity index (χ4v) is 3.26. The number of aliphatic carboxylic acids is 1. The molecule has 0 radical (unpaired) electrons. The molecule has 0 saturated heterocycles. The van der Waals surface area contributed by atoms with Crippen LogP contribution in [0.1, 0.15) is 48.4 Å². The molecular formula is C18H20F9NO2. The van der Waals surface area contributed by atoms with E-state index in [9.17, 15) is 44.3 Å². The summed E-state index contributed by atoms with van der Waals surface area (Å²) >= 11 is 0. The van der Waals surface area contributed by atoms with Gasteiger partial charge in [-0.25, -0.2) is 0 Å². The maximum atomic E-state index is 13.4. The van der Waals surface area contributed by atoms with Gasteiger partial charge in [0.25, 0.3) is 0 Å². The lowest BCUT2D eigenvalue weighted by Crippen LogP contribution is -2.25. The third kappa shape index (κ3) is 6.78. The molecule has 0 aliphatic rings. The zero-order chi connectivity index (χ0) is 23.5. The Morgan fingerprint density at radius 2 is 1.47 bits per heavy atom. The summed E-state index contributed by atoms with van der Waals surface area (Å²) in [6.07, 6.45) is -17.6. The normalized spacial score (nSPS) is 15.2. The fraction of sp³-hybridized carbons (Fsp3) is 0.611. The molecule has 0 aromatic heterocycles. The molecule has 1 aromatic carbocycles. The van der Waals surface area contributed by atoms with Crippen molar-refractivity contribution in [3.05, 3.63) is 34.4 Å². The molecule has 0 bridgehead atoms. The first-order valence-corrected chi connectivity index (χ1v) is 8.80. The molecule has 0 spiro atoms. The van der Waals surface area contributed by atoms with Crippen molar-refractivity contribution in [3.8, 4) is 0 Å². The molecule has 0 aliphatic heterocycles. The Kier molecular flexibility index (Phi) is 8.20. The summed E-state index contributed by atoms with van der Waals surface area (Å²) in [5, 5.41) is 8.95. The van der Waals surface area contributed by atoms with Crippen LogP contribution in [0.2, 0.25) is 0 Å². The summed E-state index contributed by atoms with van der Waals surface area (Å²) in [5.74, 6) is -2.56. The van der Waals surface area contributed by atoms with Crippen LogP contribution in [0.5, 0.6) is 0 Å². The minimum atomic E-state index is -5.65. The fourth-order valence-electron chi connectivity index (χ4n) is 3.26. The van der Waals surface area contributed by atoms with Crippen LogP contribution in [-0.4, -0.2) is 17.6 Å². The van der Waals surface area contributed by atoms with Gasteiger partial charge in [0.05, 0.1) is 22.6 Å². The van der Waals surface area contributed by atoms with Gasteiger partial charge in [-0.1, -0.05) is 13.3 Å². The smallest absolute Gasteiger partial charge is 0.417 e. The van der Waals surface area contributed by atoms with Crippen LogP contribution >= 0.6 is 0 Å². The first-order chi connectivity index (χ1) is 13.5. The van der Waals surface area contributed by atoms with E-state index in [-0.39, 0.29) is 37.9 Å². The third-order valence-electron chi connectivity index (χ3n) is 4.65. The Balaban J connectivity index is 3.27. The van der Waals surface area contributed by atoms with Crippen molar-refractivity contribution in [2.24, 2.45) is 17.6 Å². The molecule has 0 amide bonds. The van der Waals surface area contributed by atoms with E-state index < -0.39 is 65.0 Å². The van der Waals surface area contributed by atoms with E-state index in [0.29, 0.717) is 0 Å². The molecule has 12 heteroatoms. The second kappa shape index (κ2) is 9.44. The maximum Gasteiger partial charge on any atom is 0.417 e. The zero-order valence-corrected chi connectivity index (χ0v) is 15.7. The second-order valence-electron chi connectivity index (χ2n) is 7.01. The third-order valence-corrected chi connectivity index (χ3v) is 4.65. The maximum absolute atomic E-state index is 13.4. The van der Waals surface area contributed by atoms with Gasteiger partial charge in [-0.15, -0.1) is 0 Å². The van der Waals surface area contributed by atoms with Gasteiger partial charge < -0.3 is 10.8 Å². The lowest BCUT2D eigenvalue weighted by Gasteiger charge is -2.23. The molecule has 172 valence electrons. The number of hydrogen-bond donors (Lipinski definition) is 2. The molecule has 0 fully saturated rings. The minimum absolute atomic E-state index is 0.00566. The van der Waals surface area contributed by atoms with E-state index in [1.807, 2.05) is 0 Å². The predicted molar refractivity (Wildman–Crippen MR) is 88.3 cm³/mol. The van der Waals surface area contributed by atoms with Crippen LogP contribution in [-0.2, 0) is 29.7 Å². The molecule has 2 atom stereocenters. The Morgan fingerprint density at radius 1 is 0.967 bits per heavy atom. The van der Waals surface area contributed by atoms with Gasteiger partial charge in [-0.05, 0) is 42.9 Å². The van der Waals surface area contributed by atoms with E-state index >= 15 is 0 Å². The number of carboxylic acids is 1. The summed E-state index contributed by atoms with van der Waals surface area (Å²) in [6, 6.07) is -0.206. The van der Waals surface area contributed by atoms with Crippen molar-refractivity contribution in [1.82, 2.24) is 0 Å². The van der Waals surface area contributed by atoms with Crippen LogP contribution in [0.15, 0.2) is 12.1 Å². The number of carbonyl (C=O) groups is 1. The number of carboxylic acid groups (broad SMARTS) is 1. The van der Waals surface area contributed by atoms with Gasteiger partial charge in [0, 0.05) is 6.54 Å². The van der Waals surface area contributed by atoms with Crippen molar-refractivity contribution in [3.63, 3.8) is 0 Å². The average molecular weight is 453 g/mol. The summed E-state index contributed by atoms with van der Waals surface area (Å²) in [4.78, 5) is 11.0. The molecule has 3 N–H and O–H groups in total. The van der Waals surface area contributed by atoms with Crippen LogP contribution < -0.4 is 5.73 Å². The highest BCUT2D eigenvalue weighted by molar-refractivity contribution is 5.70. The van der Waals surface area contributed by atoms with Crippen LogP contribution in [0, 0.1) is 11.8 Å². The monoisotopic (exact) mass is 453 g/mol. The molecule has 0 aliphatic carbocycles. The van der Waals surface area contributed by atoms with Gasteiger partial charge in [-0.2, -0.15) is 39.5 Å². The van der Waals surface area contributed by atoms with E-state index in [4.69, 9.17) is 10.8 Å². The average Bonchev–Trinajstić information content (AvgIpc) is 2.56. The minimum Gasteiger partial charge on any atom is -0.481 e. The van der Waals surface area contributed by atoms with E-state index in [0.717, 1.165) is 0 Å². The van der Waals surface area contributed by atoms with Gasteiger partial charge in [-0.3, -0.25) is 4.79 Å². The highest BCUT2D eigenvalue weighted by atomic mass is 19.4. The first kappa shape index (κ1) is 26.1. The molecule has 3 nitrogen and oxygen atoms in total. The van der Waals surface area contributed by atoms with Crippen LogP contribution in [0.3, 0.4) is 0 Å². The Bertz CT molecular complexity index is 739. The molecule has 2 unspecified atom stereocenters. The summed E-state index contributed by atoms with van der Waals surface area (Å²) in [5.41, 5.74) is -2.47. The van der Waals surface area contributed by atoms with Crippen molar-refractivity contribution in [1.29, 1.82) is 0 Å². The SMILES string of the molecule is CC(CCCc1c(C(F)(F)F)ccc(C(F)(F)F)c1C(F)(F)F)CC(CN)C(=O)O. The van der Waals surface area contributed by atoms with Crippen LogP contribution in [0.25, 0.3) is 0 Å². The van der Waals surface area contributed by atoms with Crippen LogP contribution in [0.4, 0.5) is 39.5 Å². The number of benzene rings is 1. The van der Waals surface area contributed by atoms with Crippen molar-refractivity contribution < 1.29 is 49.4 Å². The molecular weight excluding hydrogens is 433 g/mol. The molecule has 1 aromatic rings. The van der Waals surface area contributed by atoms with E-state index in [1.165, 1.54) is 6.92 Å². The Labute approximate surface area is 166 Å². The molecule has 0 heterocycles. The van der Waals surface area contributed by atoms with Gasteiger partial charge in [0.2, 0.25) is 0 Å². The highest BCUT2D eigenvalue weighted by Gasteiger charge is 2.47. The van der Waals surface area contributed by atoms with Crippen molar-refractivity contribution in [2.75, 3.05) is 6.54 Å². The topological polar surface area (TPSA) is 63.3 Å². The second-order valence-corrected chi connectivity index (χ2v) is 7.01. The molecule has 0 saturated carbocycles. The summed E-state index contributed by atoms with van der Waals surface area (Å²) < 4.78 is 119. The van der Waals surface area contributed by atoms with Gasteiger partial charge in [0.15, 0.2) is 0 Å². The Hall–Kier alpha value is -1.98.